The zero-order valence-corrected chi connectivity index (χ0v) is 10.1. The molecular formula is C13H25NO. The zero-order chi connectivity index (χ0) is 11.3. The lowest BCUT2D eigenvalue weighted by Gasteiger charge is -2.49. The molecule has 0 aromatic heterocycles. The third kappa shape index (κ3) is 3.32. The van der Waals surface area contributed by atoms with Gasteiger partial charge in [0.2, 0.25) is 0 Å². The Morgan fingerprint density at radius 3 is 2.67 bits per heavy atom. The summed E-state index contributed by atoms with van der Waals surface area (Å²) in [5.41, 5.74) is 0.0706. The van der Waals surface area contributed by atoms with Crippen molar-refractivity contribution in [3.63, 3.8) is 0 Å². The summed E-state index contributed by atoms with van der Waals surface area (Å²) in [7, 11) is 0. The fourth-order valence-electron chi connectivity index (χ4n) is 2.12. The van der Waals surface area contributed by atoms with Gasteiger partial charge < -0.3 is 10.4 Å². The largest absolute Gasteiger partial charge is 0.392 e. The summed E-state index contributed by atoms with van der Waals surface area (Å²) in [6.45, 7) is 9.07. The monoisotopic (exact) mass is 211 g/mol. The van der Waals surface area contributed by atoms with Crippen molar-refractivity contribution in [2.45, 2.75) is 58.1 Å². The third-order valence-corrected chi connectivity index (χ3v) is 3.69. The summed E-state index contributed by atoms with van der Waals surface area (Å²) in [4.78, 5) is 0. The van der Waals surface area contributed by atoms with E-state index in [1.54, 1.807) is 0 Å². The molecule has 2 atom stereocenters. The molecule has 0 aliphatic heterocycles. The van der Waals surface area contributed by atoms with Crippen LogP contribution in [0.15, 0.2) is 12.7 Å². The molecule has 1 aliphatic rings. The minimum atomic E-state index is -0.115. The molecule has 0 spiro atoms. The van der Waals surface area contributed by atoms with Crippen LogP contribution in [0.3, 0.4) is 0 Å². The molecule has 1 saturated carbocycles. The third-order valence-electron chi connectivity index (χ3n) is 3.69. The minimum Gasteiger partial charge on any atom is -0.392 e. The molecule has 15 heavy (non-hydrogen) atoms. The van der Waals surface area contributed by atoms with Crippen LogP contribution in [-0.2, 0) is 0 Å². The van der Waals surface area contributed by atoms with Crippen LogP contribution in [0.4, 0.5) is 0 Å². The van der Waals surface area contributed by atoms with Crippen LogP contribution < -0.4 is 5.32 Å². The molecule has 1 rings (SSSR count). The molecule has 1 fully saturated rings. The first-order chi connectivity index (χ1) is 7.09. The predicted molar refractivity (Wildman–Crippen MR) is 64.9 cm³/mol. The van der Waals surface area contributed by atoms with Crippen molar-refractivity contribution in [3.8, 4) is 0 Å². The van der Waals surface area contributed by atoms with E-state index < -0.39 is 0 Å². The van der Waals surface area contributed by atoms with Gasteiger partial charge in [0.15, 0.2) is 0 Å². The van der Waals surface area contributed by atoms with Gasteiger partial charge in [-0.1, -0.05) is 26.3 Å². The first-order valence-corrected chi connectivity index (χ1v) is 6.11. The van der Waals surface area contributed by atoms with Gasteiger partial charge in [0.05, 0.1) is 6.10 Å². The van der Waals surface area contributed by atoms with Gasteiger partial charge in [-0.2, -0.15) is 0 Å². The highest BCUT2D eigenvalue weighted by atomic mass is 16.3. The number of allylic oxidation sites excluding steroid dienone is 1. The molecule has 0 bridgehead atoms. The van der Waals surface area contributed by atoms with Crippen LogP contribution >= 0.6 is 0 Å². The highest BCUT2D eigenvalue weighted by Gasteiger charge is 2.46. The van der Waals surface area contributed by atoms with E-state index in [0.717, 1.165) is 19.4 Å². The van der Waals surface area contributed by atoms with Gasteiger partial charge in [-0.15, -0.1) is 6.58 Å². The fourth-order valence-corrected chi connectivity index (χ4v) is 2.12. The molecule has 0 amide bonds. The summed E-state index contributed by atoms with van der Waals surface area (Å²) in [6.07, 6.45) is 7.68. The van der Waals surface area contributed by atoms with Crippen LogP contribution in [0.25, 0.3) is 0 Å². The predicted octanol–water partition coefficient (Wildman–Crippen LogP) is 2.48. The molecule has 2 unspecified atom stereocenters. The van der Waals surface area contributed by atoms with Crippen LogP contribution in [-0.4, -0.2) is 23.8 Å². The van der Waals surface area contributed by atoms with E-state index in [0.29, 0.717) is 6.04 Å². The lowest BCUT2D eigenvalue weighted by atomic mass is 9.64. The number of aliphatic hydroxyl groups is 1. The SMILES string of the molecule is C=CCCCCCNC1CC(O)C1(C)C. The Balaban J connectivity index is 2.00. The number of aliphatic hydroxyl groups excluding tert-OH is 1. The molecule has 0 heterocycles. The summed E-state index contributed by atoms with van der Waals surface area (Å²) in [5.74, 6) is 0. The Hall–Kier alpha value is -0.340. The maximum absolute atomic E-state index is 9.57. The van der Waals surface area contributed by atoms with Crippen molar-refractivity contribution >= 4 is 0 Å². The fraction of sp³-hybridized carbons (Fsp3) is 0.846. The Labute approximate surface area is 93.8 Å². The van der Waals surface area contributed by atoms with Gasteiger partial charge >= 0.3 is 0 Å². The van der Waals surface area contributed by atoms with E-state index in [9.17, 15) is 5.11 Å². The second-order valence-electron chi connectivity index (χ2n) is 5.22. The van der Waals surface area contributed by atoms with Gasteiger partial charge in [-0.3, -0.25) is 0 Å². The lowest BCUT2D eigenvalue weighted by Crippen LogP contribution is -2.60. The molecule has 88 valence electrons. The summed E-state index contributed by atoms with van der Waals surface area (Å²) < 4.78 is 0. The van der Waals surface area contributed by atoms with E-state index in [2.05, 4.69) is 25.7 Å². The van der Waals surface area contributed by atoms with Crippen molar-refractivity contribution in [1.82, 2.24) is 5.32 Å². The molecule has 0 radical (unpaired) electrons. The average Bonchev–Trinajstić information content (AvgIpc) is 2.21. The Bertz CT molecular complexity index is 201. The number of hydrogen-bond acceptors (Lipinski definition) is 2. The van der Waals surface area contributed by atoms with Crippen LogP contribution in [0.2, 0.25) is 0 Å². The van der Waals surface area contributed by atoms with Gasteiger partial charge in [0, 0.05) is 11.5 Å². The normalized spacial score (nSPS) is 28.5. The highest BCUT2D eigenvalue weighted by Crippen LogP contribution is 2.40. The van der Waals surface area contributed by atoms with Crippen LogP contribution in [0.1, 0.15) is 46.0 Å². The quantitative estimate of drug-likeness (QED) is 0.501. The molecule has 0 aromatic carbocycles. The van der Waals surface area contributed by atoms with Crippen molar-refractivity contribution < 1.29 is 5.11 Å². The maximum Gasteiger partial charge on any atom is 0.0621 e. The van der Waals surface area contributed by atoms with Gasteiger partial charge in [0.25, 0.3) is 0 Å². The van der Waals surface area contributed by atoms with Crippen molar-refractivity contribution in [1.29, 1.82) is 0 Å². The van der Waals surface area contributed by atoms with E-state index in [1.165, 1.54) is 19.3 Å². The van der Waals surface area contributed by atoms with Gasteiger partial charge in [0.1, 0.15) is 0 Å². The summed E-state index contributed by atoms with van der Waals surface area (Å²) in [5, 5.41) is 13.1. The maximum atomic E-state index is 9.57. The second kappa shape index (κ2) is 5.66. The van der Waals surface area contributed by atoms with Gasteiger partial charge in [-0.25, -0.2) is 0 Å². The number of rotatable bonds is 7. The summed E-state index contributed by atoms with van der Waals surface area (Å²) in [6, 6.07) is 0.506. The molecule has 0 saturated heterocycles. The lowest BCUT2D eigenvalue weighted by molar-refractivity contribution is -0.0722. The van der Waals surface area contributed by atoms with E-state index in [1.807, 2.05) is 6.08 Å². The van der Waals surface area contributed by atoms with E-state index in [4.69, 9.17) is 0 Å². The van der Waals surface area contributed by atoms with Crippen molar-refractivity contribution in [2.24, 2.45) is 5.41 Å². The van der Waals surface area contributed by atoms with Crippen LogP contribution in [0, 0.1) is 5.41 Å². The first-order valence-electron chi connectivity index (χ1n) is 6.11. The minimum absolute atomic E-state index is 0.0706. The molecule has 2 N–H and O–H groups in total. The smallest absolute Gasteiger partial charge is 0.0621 e. The molecule has 0 aromatic rings. The summed E-state index contributed by atoms with van der Waals surface area (Å²) >= 11 is 0. The topological polar surface area (TPSA) is 32.3 Å². The molecular weight excluding hydrogens is 186 g/mol. The Morgan fingerprint density at radius 2 is 2.13 bits per heavy atom. The van der Waals surface area contributed by atoms with Gasteiger partial charge in [-0.05, 0) is 32.2 Å². The molecule has 2 nitrogen and oxygen atoms in total. The standard InChI is InChI=1S/C13H25NO/c1-4-5-6-7-8-9-14-11-10-12(15)13(11,2)3/h4,11-12,14-15H,1,5-10H2,2-3H3. The van der Waals surface area contributed by atoms with Crippen LogP contribution in [0.5, 0.6) is 0 Å². The first kappa shape index (κ1) is 12.7. The Morgan fingerprint density at radius 1 is 1.40 bits per heavy atom. The Kier molecular flexibility index (Phi) is 4.81. The van der Waals surface area contributed by atoms with E-state index in [-0.39, 0.29) is 11.5 Å². The second-order valence-corrected chi connectivity index (χ2v) is 5.22. The van der Waals surface area contributed by atoms with Crippen molar-refractivity contribution in [2.75, 3.05) is 6.54 Å². The number of unbranched alkanes of at least 4 members (excludes halogenated alkanes) is 3. The highest BCUT2D eigenvalue weighted by molar-refractivity contribution is 5.01. The molecule has 1 aliphatic carbocycles. The van der Waals surface area contributed by atoms with Crippen molar-refractivity contribution in [3.05, 3.63) is 12.7 Å². The molecule has 2 heteroatoms. The van der Waals surface area contributed by atoms with E-state index >= 15 is 0 Å². The number of nitrogens with one attached hydrogen (secondary N) is 1. The number of hydrogen-bond donors (Lipinski definition) is 2. The zero-order valence-electron chi connectivity index (χ0n) is 10.1. The average molecular weight is 211 g/mol.